The smallest absolute Gasteiger partial charge is 0.232 e. The predicted molar refractivity (Wildman–Crippen MR) is 41.2 cm³/mol. The van der Waals surface area contributed by atoms with E-state index >= 15 is 0 Å². The molecule has 0 spiro atoms. The number of rotatable bonds is 2. The van der Waals surface area contributed by atoms with Gasteiger partial charge < -0.3 is 9.64 Å². The summed E-state index contributed by atoms with van der Waals surface area (Å²) in [6.45, 7) is 1.46. The Morgan fingerprint density at radius 2 is 2.40 bits per heavy atom. The van der Waals surface area contributed by atoms with Crippen LogP contribution in [0.3, 0.4) is 0 Å². The van der Waals surface area contributed by atoms with Gasteiger partial charge in [0.15, 0.2) is 0 Å². The van der Waals surface area contributed by atoms with Gasteiger partial charge in [-0.1, -0.05) is 0 Å². The van der Waals surface area contributed by atoms with Crippen LogP contribution in [-0.4, -0.2) is 42.9 Å². The Hall–Kier alpha value is -0.220. The summed E-state index contributed by atoms with van der Waals surface area (Å²) in [6, 6.07) is 0. The van der Waals surface area contributed by atoms with E-state index in [9.17, 15) is 4.79 Å². The zero-order valence-electron chi connectivity index (χ0n) is 5.91. The summed E-state index contributed by atoms with van der Waals surface area (Å²) in [4.78, 5) is 12.6. The van der Waals surface area contributed by atoms with Crippen LogP contribution in [0.1, 0.15) is 0 Å². The number of ether oxygens (including phenoxy) is 1. The first-order valence-electron chi connectivity index (χ1n) is 3.19. The number of carbonyl (C=O) groups is 1. The van der Waals surface area contributed by atoms with Crippen LogP contribution in [0, 0.1) is 0 Å². The molecule has 4 heteroatoms. The second-order valence-corrected chi connectivity index (χ2v) is 2.63. The van der Waals surface area contributed by atoms with Gasteiger partial charge in [0.2, 0.25) is 5.91 Å². The van der Waals surface area contributed by atoms with Crippen molar-refractivity contribution in [1.29, 1.82) is 0 Å². The van der Waals surface area contributed by atoms with E-state index < -0.39 is 0 Å². The fraction of sp³-hybridized carbons (Fsp3) is 0.833. The number of hydrogen-bond acceptors (Lipinski definition) is 3. The zero-order chi connectivity index (χ0) is 7.56. The first kappa shape index (κ1) is 7.88. The summed E-state index contributed by atoms with van der Waals surface area (Å²) in [7, 11) is 1.66. The van der Waals surface area contributed by atoms with Gasteiger partial charge in [-0.25, -0.2) is 0 Å². The third kappa shape index (κ3) is 1.44. The summed E-state index contributed by atoms with van der Waals surface area (Å²) in [5, 5.41) is 0. The fourth-order valence-electron chi connectivity index (χ4n) is 0.891. The minimum atomic E-state index is 0.0941. The average Bonchev–Trinajstić information content (AvgIpc) is 1.85. The predicted octanol–water partition coefficient (Wildman–Crippen LogP) is -0.227. The van der Waals surface area contributed by atoms with Crippen LogP contribution < -0.4 is 0 Å². The molecule has 1 saturated heterocycles. The molecule has 1 fully saturated rings. The maximum absolute atomic E-state index is 10.8. The Balaban J connectivity index is 2.19. The molecule has 0 saturated carbocycles. The van der Waals surface area contributed by atoms with E-state index in [0.717, 1.165) is 13.1 Å². The monoisotopic (exact) mass is 161 g/mol. The van der Waals surface area contributed by atoms with Gasteiger partial charge in [0.1, 0.15) is 0 Å². The van der Waals surface area contributed by atoms with Gasteiger partial charge in [0.05, 0.1) is 11.9 Å². The molecular weight excluding hydrogens is 150 g/mol. The van der Waals surface area contributed by atoms with E-state index in [1.165, 1.54) is 0 Å². The van der Waals surface area contributed by atoms with Crippen LogP contribution >= 0.6 is 12.6 Å². The number of hydrogen-bond donors (Lipinski definition) is 1. The summed E-state index contributed by atoms with van der Waals surface area (Å²) < 4.78 is 4.99. The van der Waals surface area contributed by atoms with Crippen molar-refractivity contribution in [2.75, 3.05) is 26.0 Å². The normalized spacial score (nSPS) is 18.8. The molecule has 0 unspecified atom stereocenters. The van der Waals surface area contributed by atoms with Crippen LogP contribution in [0.5, 0.6) is 0 Å². The maximum Gasteiger partial charge on any atom is 0.232 e. The Morgan fingerprint density at radius 1 is 1.80 bits per heavy atom. The van der Waals surface area contributed by atoms with Gasteiger partial charge in [-0.05, 0) is 0 Å². The Bertz CT molecular complexity index is 134. The maximum atomic E-state index is 10.8. The van der Waals surface area contributed by atoms with E-state index in [1.54, 1.807) is 12.0 Å². The lowest BCUT2D eigenvalue weighted by Crippen LogP contribution is -2.54. The van der Waals surface area contributed by atoms with E-state index in [0.29, 0.717) is 5.75 Å². The van der Waals surface area contributed by atoms with Crippen LogP contribution in [0.15, 0.2) is 0 Å². The molecule has 1 rings (SSSR count). The Kier molecular flexibility index (Phi) is 2.56. The quantitative estimate of drug-likeness (QED) is 0.567. The standard InChI is InChI=1S/C6H11NO2S/c1-9-5-2-7(3-5)6(8)4-10/h5,10H,2-4H2,1H3. The molecular formula is C6H11NO2S. The Morgan fingerprint density at radius 3 is 2.80 bits per heavy atom. The van der Waals surface area contributed by atoms with Gasteiger partial charge in [-0.3, -0.25) is 4.79 Å². The van der Waals surface area contributed by atoms with E-state index in [4.69, 9.17) is 4.74 Å². The summed E-state index contributed by atoms with van der Waals surface area (Å²) >= 11 is 3.87. The van der Waals surface area contributed by atoms with Gasteiger partial charge in [-0.15, -0.1) is 0 Å². The van der Waals surface area contributed by atoms with E-state index in [2.05, 4.69) is 12.6 Å². The number of amides is 1. The number of thiol groups is 1. The lowest BCUT2D eigenvalue weighted by molar-refractivity contribution is -0.139. The number of methoxy groups -OCH3 is 1. The minimum absolute atomic E-state index is 0.0941. The highest BCUT2D eigenvalue weighted by molar-refractivity contribution is 7.81. The van der Waals surface area contributed by atoms with Crippen molar-refractivity contribution in [3.8, 4) is 0 Å². The van der Waals surface area contributed by atoms with Crippen LogP contribution in [0.25, 0.3) is 0 Å². The first-order valence-corrected chi connectivity index (χ1v) is 3.82. The molecule has 0 aromatic rings. The van der Waals surface area contributed by atoms with E-state index in [-0.39, 0.29) is 12.0 Å². The molecule has 0 bridgehead atoms. The van der Waals surface area contributed by atoms with Crippen molar-refractivity contribution >= 4 is 18.5 Å². The van der Waals surface area contributed by atoms with Gasteiger partial charge >= 0.3 is 0 Å². The second kappa shape index (κ2) is 3.25. The molecule has 1 heterocycles. The second-order valence-electron chi connectivity index (χ2n) is 2.31. The lowest BCUT2D eigenvalue weighted by Gasteiger charge is -2.37. The highest BCUT2D eigenvalue weighted by atomic mass is 32.1. The third-order valence-corrected chi connectivity index (χ3v) is 1.94. The molecule has 0 aromatic carbocycles. The Labute approximate surface area is 65.7 Å². The first-order chi connectivity index (χ1) is 4.77. The molecule has 0 aliphatic carbocycles. The number of nitrogens with zero attached hydrogens (tertiary/aromatic N) is 1. The van der Waals surface area contributed by atoms with Crippen molar-refractivity contribution in [2.24, 2.45) is 0 Å². The SMILES string of the molecule is COC1CN(C(=O)CS)C1. The van der Waals surface area contributed by atoms with Crippen LogP contribution in [-0.2, 0) is 9.53 Å². The largest absolute Gasteiger partial charge is 0.378 e. The molecule has 0 aromatic heterocycles. The van der Waals surface area contributed by atoms with Gasteiger partial charge in [-0.2, -0.15) is 12.6 Å². The van der Waals surface area contributed by atoms with E-state index in [1.807, 2.05) is 0 Å². The topological polar surface area (TPSA) is 29.5 Å². The summed E-state index contributed by atoms with van der Waals surface area (Å²) in [5.41, 5.74) is 0. The average molecular weight is 161 g/mol. The molecule has 1 aliphatic rings. The molecule has 1 aliphatic heterocycles. The molecule has 0 radical (unpaired) electrons. The minimum Gasteiger partial charge on any atom is -0.378 e. The third-order valence-electron chi connectivity index (χ3n) is 1.67. The number of carbonyl (C=O) groups excluding carboxylic acids is 1. The van der Waals surface area contributed by atoms with Crippen molar-refractivity contribution in [3.05, 3.63) is 0 Å². The van der Waals surface area contributed by atoms with Crippen LogP contribution in [0.2, 0.25) is 0 Å². The molecule has 1 amide bonds. The molecule has 10 heavy (non-hydrogen) atoms. The van der Waals surface area contributed by atoms with Gasteiger partial charge in [0.25, 0.3) is 0 Å². The fourth-order valence-corrected chi connectivity index (χ4v) is 1.09. The lowest BCUT2D eigenvalue weighted by atomic mass is 10.2. The van der Waals surface area contributed by atoms with Crippen molar-refractivity contribution < 1.29 is 9.53 Å². The van der Waals surface area contributed by atoms with Crippen molar-refractivity contribution in [1.82, 2.24) is 4.90 Å². The molecule has 3 nitrogen and oxygen atoms in total. The molecule has 0 N–H and O–H groups in total. The summed E-state index contributed by atoms with van der Waals surface area (Å²) in [6.07, 6.45) is 0.254. The highest BCUT2D eigenvalue weighted by Crippen LogP contribution is 2.10. The van der Waals surface area contributed by atoms with Gasteiger partial charge in [0, 0.05) is 20.2 Å². The number of likely N-dealkylation sites (tertiary alicyclic amines) is 1. The zero-order valence-corrected chi connectivity index (χ0v) is 6.80. The molecule has 0 atom stereocenters. The van der Waals surface area contributed by atoms with Crippen molar-refractivity contribution in [3.63, 3.8) is 0 Å². The summed E-state index contributed by atoms with van der Waals surface area (Å²) in [5.74, 6) is 0.396. The van der Waals surface area contributed by atoms with Crippen LogP contribution in [0.4, 0.5) is 0 Å². The highest BCUT2D eigenvalue weighted by Gasteiger charge is 2.29. The molecule has 58 valence electrons. The van der Waals surface area contributed by atoms with Crippen molar-refractivity contribution in [2.45, 2.75) is 6.10 Å².